The van der Waals surface area contributed by atoms with Crippen LogP contribution in [0.2, 0.25) is 0 Å². The van der Waals surface area contributed by atoms with Gasteiger partial charge in [0.25, 0.3) is 0 Å². The summed E-state index contributed by atoms with van der Waals surface area (Å²) < 4.78 is 0. The summed E-state index contributed by atoms with van der Waals surface area (Å²) in [7, 11) is 3.94. The molecule has 4 N–H and O–H groups in total. The van der Waals surface area contributed by atoms with Gasteiger partial charge >= 0.3 is 5.97 Å². The van der Waals surface area contributed by atoms with Crippen LogP contribution >= 0.6 is 0 Å². The molecule has 0 aliphatic carbocycles. The van der Waals surface area contributed by atoms with Crippen molar-refractivity contribution in [2.24, 2.45) is 0 Å². The Morgan fingerprint density at radius 2 is 1.90 bits per heavy atom. The first kappa shape index (κ1) is 14.7. The first-order valence-corrected chi connectivity index (χ1v) is 6.56. The van der Waals surface area contributed by atoms with Crippen molar-refractivity contribution in [3.05, 3.63) is 47.5 Å². The summed E-state index contributed by atoms with van der Waals surface area (Å²) in [6.45, 7) is 2.03. The average molecular weight is 285 g/mol. The topological polar surface area (TPSA) is 78.6 Å². The predicted molar refractivity (Wildman–Crippen MR) is 86.6 cm³/mol. The van der Waals surface area contributed by atoms with Gasteiger partial charge in [-0.05, 0) is 42.8 Å². The van der Waals surface area contributed by atoms with Gasteiger partial charge in [-0.2, -0.15) is 0 Å². The molecule has 2 rings (SSSR count). The summed E-state index contributed by atoms with van der Waals surface area (Å²) in [6, 6.07) is 10.6. The summed E-state index contributed by atoms with van der Waals surface area (Å²) in [5, 5.41) is 12.4. The van der Waals surface area contributed by atoms with E-state index in [4.69, 9.17) is 5.73 Å². The maximum absolute atomic E-state index is 11.3. The Morgan fingerprint density at radius 1 is 1.19 bits per heavy atom. The van der Waals surface area contributed by atoms with Crippen molar-refractivity contribution in [3.8, 4) is 0 Å². The summed E-state index contributed by atoms with van der Waals surface area (Å²) in [4.78, 5) is 13.3. The molecule has 0 aliphatic heterocycles. The van der Waals surface area contributed by atoms with Crippen molar-refractivity contribution in [1.29, 1.82) is 0 Å². The van der Waals surface area contributed by atoms with Crippen LogP contribution in [0.25, 0.3) is 0 Å². The average Bonchev–Trinajstić information content (AvgIpc) is 2.40. The Morgan fingerprint density at radius 3 is 2.52 bits per heavy atom. The highest BCUT2D eigenvalue weighted by atomic mass is 16.4. The summed E-state index contributed by atoms with van der Waals surface area (Å²) in [5.41, 5.74) is 9.97. The van der Waals surface area contributed by atoms with Crippen LogP contribution in [-0.2, 0) is 0 Å². The largest absolute Gasteiger partial charge is 0.478 e. The highest BCUT2D eigenvalue weighted by molar-refractivity contribution is 5.96. The number of nitrogen functional groups attached to an aromatic ring is 1. The van der Waals surface area contributed by atoms with Gasteiger partial charge in [-0.3, -0.25) is 0 Å². The normalized spacial score (nSPS) is 10.2. The number of carboxylic acid groups (broad SMARTS) is 1. The minimum absolute atomic E-state index is 0.191. The molecule has 0 saturated carbocycles. The Hall–Kier alpha value is -2.69. The van der Waals surface area contributed by atoms with Gasteiger partial charge in [0, 0.05) is 31.2 Å². The van der Waals surface area contributed by atoms with Crippen LogP contribution in [0.1, 0.15) is 15.9 Å². The zero-order valence-electron chi connectivity index (χ0n) is 12.3. The van der Waals surface area contributed by atoms with E-state index in [1.807, 2.05) is 44.1 Å². The molecule has 5 nitrogen and oxygen atoms in total. The van der Waals surface area contributed by atoms with Crippen molar-refractivity contribution >= 4 is 28.7 Å². The van der Waals surface area contributed by atoms with E-state index in [9.17, 15) is 9.90 Å². The van der Waals surface area contributed by atoms with E-state index in [-0.39, 0.29) is 5.56 Å². The van der Waals surface area contributed by atoms with Crippen LogP contribution < -0.4 is 16.0 Å². The zero-order chi connectivity index (χ0) is 15.6. The molecule has 0 atom stereocenters. The quantitative estimate of drug-likeness (QED) is 0.752. The number of aryl methyl sites for hydroxylation is 1. The van der Waals surface area contributed by atoms with Crippen molar-refractivity contribution in [2.75, 3.05) is 30.0 Å². The van der Waals surface area contributed by atoms with E-state index >= 15 is 0 Å². The van der Waals surface area contributed by atoms with E-state index in [0.29, 0.717) is 11.4 Å². The molecule has 0 spiro atoms. The SMILES string of the molecule is Cc1ccc(Nc2cc(N)ccc2C(=O)O)cc1N(C)C. The number of aromatic carboxylic acids is 1. The summed E-state index contributed by atoms with van der Waals surface area (Å²) in [6.07, 6.45) is 0. The number of nitrogens with one attached hydrogen (secondary N) is 1. The Bertz CT molecular complexity index is 681. The van der Waals surface area contributed by atoms with Crippen molar-refractivity contribution < 1.29 is 9.90 Å². The lowest BCUT2D eigenvalue weighted by molar-refractivity contribution is 0.0698. The number of rotatable bonds is 4. The molecule has 0 aromatic heterocycles. The standard InChI is InChI=1S/C16H19N3O2/c1-10-4-6-12(9-15(10)19(2)3)18-14-8-11(17)5-7-13(14)16(20)21/h4-9,18H,17H2,1-3H3,(H,20,21). The molecule has 0 amide bonds. The van der Waals surface area contributed by atoms with Crippen molar-refractivity contribution in [3.63, 3.8) is 0 Å². The maximum Gasteiger partial charge on any atom is 0.337 e. The molecule has 0 radical (unpaired) electrons. The Balaban J connectivity index is 2.40. The molecule has 0 saturated heterocycles. The molecule has 21 heavy (non-hydrogen) atoms. The molecular formula is C16H19N3O2. The van der Waals surface area contributed by atoms with Gasteiger partial charge in [-0.15, -0.1) is 0 Å². The number of nitrogens with zero attached hydrogens (tertiary/aromatic N) is 1. The fraction of sp³-hybridized carbons (Fsp3) is 0.188. The molecular weight excluding hydrogens is 266 g/mol. The molecule has 0 bridgehead atoms. The number of carboxylic acids is 1. The van der Waals surface area contributed by atoms with Gasteiger partial charge in [0.2, 0.25) is 0 Å². The predicted octanol–water partition coefficient (Wildman–Crippen LogP) is 3.09. The molecule has 2 aromatic carbocycles. The third-order valence-electron chi connectivity index (χ3n) is 3.24. The summed E-state index contributed by atoms with van der Waals surface area (Å²) in [5.74, 6) is -0.988. The monoisotopic (exact) mass is 285 g/mol. The number of carbonyl (C=O) groups is 1. The number of nitrogens with two attached hydrogens (primary N) is 1. The lowest BCUT2D eigenvalue weighted by Gasteiger charge is -2.18. The molecule has 0 fully saturated rings. The smallest absolute Gasteiger partial charge is 0.337 e. The van der Waals surface area contributed by atoms with Crippen LogP contribution in [0.15, 0.2) is 36.4 Å². The van der Waals surface area contributed by atoms with Crippen LogP contribution in [0, 0.1) is 6.92 Å². The van der Waals surface area contributed by atoms with E-state index in [0.717, 1.165) is 16.9 Å². The molecule has 0 unspecified atom stereocenters. The fourth-order valence-corrected chi connectivity index (χ4v) is 2.18. The van der Waals surface area contributed by atoms with Crippen LogP contribution in [0.5, 0.6) is 0 Å². The number of anilines is 4. The van der Waals surface area contributed by atoms with Gasteiger partial charge in [0.1, 0.15) is 0 Å². The second-order valence-corrected chi connectivity index (χ2v) is 5.13. The molecule has 5 heteroatoms. The lowest BCUT2D eigenvalue weighted by Crippen LogP contribution is -2.10. The Kier molecular flexibility index (Phi) is 4.03. The molecule has 2 aromatic rings. The van der Waals surface area contributed by atoms with Crippen molar-refractivity contribution in [2.45, 2.75) is 6.92 Å². The van der Waals surface area contributed by atoms with Crippen molar-refractivity contribution in [1.82, 2.24) is 0 Å². The van der Waals surface area contributed by atoms with E-state index in [1.165, 1.54) is 6.07 Å². The van der Waals surface area contributed by atoms with E-state index in [1.54, 1.807) is 12.1 Å². The van der Waals surface area contributed by atoms with Gasteiger partial charge in [-0.25, -0.2) is 4.79 Å². The highest BCUT2D eigenvalue weighted by Crippen LogP contribution is 2.27. The highest BCUT2D eigenvalue weighted by Gasteiger charge is 2.11. The second kappa shape index (κ2) is 5.75. The Labute approximate surface area is 124 Å². The summed E-state index contributed by atoms with van der Waals surface area (Å²) >= 11 is 0. The first-order valence-electron chi connectivity index (χ1n) is 6.56. The molecule has 0 heterocycles. The van der Waals surface area contributed by atoms with Gasteiger partial charge in [-0.1, -0.05) is 6.07 Å². The van der Waals surface area contributed by atoms with Gasteiger partial charge in [0.15, 0.2) is 0 Å². The van der Waals surface area contributed by atoms with Crippen LogP contribution in [0.4, 0.5) is 22.7 Å². The molecule has 0 aliphatic rings. The van der Waals surface area contributed by atoms with Gasteiger partial charge < -0.3 is 21.1 Å². The number of benzene rings is 2. The zero-order valence-corrected chi connectivity index (χ0v) is 12.3. The third-order valence-corrected chi connectivity index (χ3v) is 3.24. The minimum atomic E-state index is -0.988. The second-order valence-electron chi connectivity index (χ2n) is 5.13. The van der Waals surface area contributed by atoms with Gasteiger partial charge in [0.05, 0.1) is 11.3 Å². The maximum atomic E-state index is 11.3. The molecule has 110 valence electrons. The number of hydrogen-bond donors (Lipinski definition) is 3. The first-order chi connectivity index (χ1) is 9.88. The fourth-order valence-electron chi connectivity index (χ4n) is 2.18. The minimum Gasteiger partial charge on any atom is -0.478 e. The van der Waals surface area contributed by atoms with Crippen LogP contribution in [-0.4, -0.2) is 25.2 Å². The lowest BCUT2D eigenvalue weighted by atomic mass is 10.1. The van der Waals surface area contributed by atoms with Crippen LogP contribution in [0.3, 0.4) is 0 Å². The third kappa shape index (κ3) is 3.25. The number of hydrogen-bond acceptors (Lipinski definition) is 4. The van der Waals surface area contributed by atoms with E-state index < -0.39 is 5.97 Å². The van der Waals surface area contributed by atoms with E-state index in [2.05, 4.69) is 5.32 Å².